The van der Waals surface area contributed by atoms with Gasteiger partial charge in [-0.15, -0.1) is 6.58 Å². The first kappa shape index (κ1) is 15.2. The third-order valence-electron chi connectivity index (χ3n) is 2.97. The molecule has 0 aliphatic carbocycles. The minimum absolute atomic E-state index is 0.154. The van der Waals surface area contributed by atoms with Crippen LogP contribution in [0.1, 0.15) is 30.5 Å². The highest BCUT2D eigenvalue weighted by atomic mass is 16.5. The van der Waals surface area contributed by atoms with Crippen molar-refractivity contribution >= 4 is 5.91 Å². The third-order valence-corrected chi connectivity index (χ3v) is 2.97. The van der Waals surface area contributed by atoms with Gasteiger partial charge >= 0.3 is 0 Å². The number of nitrogens with two attached hydrogens (primary N) is 1. The zero-order chi connectivity index (χ0) is 14.4. The Balaban J connectivity index is 2.82. The van der Waals surface area contributed by atoms with E-state index in [1.165, 1.54) is 0 Å². The predicted octanol–water partition coefficient (Wildman–Crippen LogP) is 2.08. The minimum Gasteiger partial charge on any atom is -0.496 e. The van der Waals surface area contributed by atoms with Gasteiger partial charge in [0.25, 0.3) is 0 Å². The Morgan fingerprint density at radius 1 is 1.58 bits per heavy atom. The van der Waals surface area contributed by atoms with E-state index >= 15 is 0 Å². The summed E-state index contributed by atoms with van der Waals surface area (Å²) in [5, 5.41) is 2.89. The molecule has 0 spiro atoms. The summed E-state index contributed by atoms with van der Waals surface area (Å²) in [5.74, 6) is 0.576. The van der Waals surface area contributed by atoms with Crippen molar-refractivity contribution in [2.75, 3.05) is 7.11 Å². The van der Waals surface area contributed by atoms with Crippen LogP contribution in [0.3, 0.4) is 0 Å². The van der Waals surface area contributed by atoms with Gasteiger partial charge in [0.2, 0.25) is 5.91 Å². The molecule has 0 aliphatic rings. The predicted molar refractivity (Wildman–Crippen MR) is 77.1 cm³/mol. The summed E-state index contributed by atoms with van der Waals surface area (Å²) in [4.78, 5) is 11.9. The van der Waals surface area contributed by atoms with E-state index in [1.54, 1.807) is 13.2 Å². The van der Waals surface area contributed by atoms with Crippen LogP contribution in [-0.2, 0) is 4.79 Å². The number of nitrogens with one attached hydrogen (secondary N) is 1. The van der Waals surface area contributed by atoms with Crippen molar-refractivity contribution in [1.82, 2.24) is 5.32 Å². The van der Waals surface area contributed by atoms with Crippen LogP contribution in [0.5, 0.6) is 5.75 Å². The van der Waals surface area contributed by atoms with Crippen molar-refractivity contribution in [3.05, 3.63) is 42.0 Å². The number of amides is 1. The summed E-state index contributed by atoms with van der Waals surface area (Å²) in [6.45, 7) is 7.49. The molecule has 1 amide bonds. The van der Waals surface area contributed by atoms with Crippen LogP contribution in [-0.4, -0.2) is 19.1 Å². The van der Waals surface area contributed by atoms with E-state index in [4.69, 9.17) is 10.5 Å². The van der Waals surface area contributed by atoms with Gasteiger partial charge in [-0.05, 0) is 26.3 Å². The van der Waals surface area contributed by atoms with Crippen molar-refractivity contribution in [2.24, 2.45) is 5.73 Å². The lowest BCUT2D eigenvalue weighted by atomic mass is 10.0. The summed E-state index contributed by atoms with van der Waals surface area (Å²) >= 11 is 0. The molecule has 2 unspecified atom stereocenters. The molecule has 19 heavy (non-hydrogen) atoms. The molecule has 0 saturated heterocycles. The normalized spacial score (nSPS) is 13.5. The van der Waals surface area contributed by atoms with Gasteiger partial charge in [0.1, 0.15) is 5.75 Å². The van der Waals surface area contributed by atoms with Crippen molar-refractivity contribution in [3.8, 4) is 5.75 Å². The highest BCUT2D eigenvalue weighted by Crippen LogP contribution is 2.26. The molecule has 0 saturated carbocycles. The maximum atomic E-state index is 11.9. The Morgan fingerprint density at radius 3 is 2.84 bits per heavy atom. The van der Waals surface area contributed by atoms with Crippen LogP contribution >= 0.6 is 0 Å². The maximum absolute atomic E-state index is 11.9. The van der Waals surface area contributed by atoms with E-state index in [0.717, 1.165) is 16.9 Å². The Labute approximate surface area is 114 Å². The lowest BCUT2D eigenvalue weighted by Gasteiger charge is -2.19. The summed E-state index contributed by atoms with van der Waals surface area (Å²) in [6.07, 6.45) is 2.10. The molecule has 1 rings (SSSR count). The molecule has 0 aliphatic heterocycles. The van der Waals surface area contributed by atoms with Gasteiger partial charge in [-0.25, -0.2) is 0 Å². The van der Waals surface area contributed by atoms with Crippen LogP contribution in [0, 0.1) is 6.92 Å². The second kappa shape index (κ2) is 6.95. The largest absolute Gasteiger partial charge is 0.496 e. The summed E-state index contributed by atoms with van der Waals surface area (Å²) in [7, 11) is 1.62. The molecule has 1 aromatic rings. The molecule has 0 heterocycles. The van der Waals surface area contributed by atoms with Crippen LogP contribution in [0.15, 0.2) is 30.9 Å². The molecule has 4 heteroatoms. The number of hydrogen-bond donors (Lipinski definition) is 2. The standard InChI is InChI=1S/C15H22N2O2/c1-5-6-13(16)15(18)17-11(3)12-9-10(2)7-8-14(12)19-4/h5,7-9,11,13H,1,6,16H2,2-4H3,(H,17,18). The number of rotatable bonds is 6. The van der Waals surface area contributed by atoms with Gasteiger partial charge in [-0.1, -0.05) is 23.8 Å². The number of hydrogen-bond acceptors (Lipinski definition) is 3. The Hall–Kier alpha value is -1.81. The lowest BCUT2D eigenvalue weighted by molar-refractivity contribution is -0.122. The van der Waals surface area contributed by atoms with Gasteiger partial charge in [-0.3, -0.25) is 4.79 Å². The van der Waals surface area contributed by atoms with Gasteiger partial charge < -0.3 is 15.8 Å². The van der Waals surface area contributed by atoms with Gasteiger partial charge in [-0.2, -0.15) is 0 Å². The highest BCUT2D eigenvalue weighted by Gasteiger charge is 2.17. The Kier molecular flexibility index (Phi) is 5.57. The quantitative estimate of drug-likeness (QED) is 0.771. The number of ether oxygens (including phenoxy) is 1. The number of aryl methyl sites for hydroxylation is 1. The second-order valence-corrected chi connectivity index (χ2v) is 4.61. The molecular weight excluding hydrogens is 240 g/mol. The summed E-state index contributed by atoms with van der Waals surface area (Å²) < 4.78 is 5.31. The molecule has 0 radical (unpaired) electrons. The second-order valence-electron chi connectivity index (χ2n) is 4.61. The fraction of sp³-hybridized carbons (Fsp3) is 0.400. The van der Waals surface area contributed by atoms with Crippen molar-refractivity contribution in [1.29, 1.82) is 0 Å². The van der Waals surface area contributed by atoms with E-state index in [-0.39, 0.29) is 11.9 Å². The lowest BCUT2D eigenvalue weighted by Crippen LogP contribution is -2.41. The first-order chi connectivity index (χ1) is 8.99. The SMILES string of the molecule is C=CCC(N)C(=O)NC(C)c1cc(C)ccc1OC. The topological polar surface area (TPSA) is 64.4 Å². The van der Waals surface area contributed by atoms with Crippen molar-refractivity contribution < 1.29 is 9.53 Å². The zero-order valence-electron chi connectivity index (χ0n) is 11.8. The fourth-order valence-electron chi connectivity index (χ4n) is 1.88. The molecule has 0 bridgehead atoms. The number of methoxy groups -OCH3 is 1. The maximum Gasteiger partial charge on any atom is 0.237 e. The van der Waals surface area contributed by atoms with Gasteiger partial charge in [0, 0.05) is 5.56 Å². The van der Waals surface area contributed by atoms with Crippen LogP contribution in [0.4, 0.5) is 0 Å². The van der Waals surface area contributed by atoms with E-state index in [0.29, 0.717) is 6.42 Å². The third kappa shape index (κ3) is 4.10. The first-order valence-corrected chi connectivity index (χ1v) is 6.31. The molecule has 104 valence electrons. The van der Waals surface area contributed by atoms with E-state index in [9.17, 15) is 4.79 Å². The molecular formula is C15H22N2O2. The zero-order valence-corrected chi connectivity index (χ0v) is 11.8. The van der Waals surface area contributed by atoms with Crippen molar-refractivity contribution in [3.63, 3.8) is 0 Å². The van der Waals surface area contributed by atoms with Crippen molar-refractivity contribution in [2.45, 2.75) is 32.4 Å². The highest BCUT2D eigenvalue weighted by molar-refractivity contribution is 5.82. The van der Waals surface area contributed by atoms with E-state index in [1.807, 2.05) is 32.0 Å². The van der Waals surface area contributed by atoms with E-state index < -0.39 is 6.04 Å². The molecule has 2 atom stereocenters. The summed E-state index contributed by atoms with van der Waals surface area (Å²) in [5.41, 5.74) is 7.80. The Morgan fingerprint density at radius 2 is 2.26 bits per heavy atom. The molecule has 3 N–H and O–H groups in total. The Bertz CT molecular complexity index is 457. The average Bonchev–Trinajstić information content (AvgIpc) is 2.38. The van der Waals surface area contributed by atoms with Gasteiger partial charge in [0.05, 0.1) is 19.2 Å². The molecule has 0 fully saturated rings. The molecule has 1 aromatic carbocycles. The fourth-order valence-corrected chi connectivity index (χ4v) is 1.88. The first-order valence-electron chi connectivity index (χ1n) is 6.31. The molecule has 4 nitrogen and oxygen atoms in total. The van der Waals surface area contributed by atoms with Gasteiger partial charge in [0.15, 0.2) is 0 Å². The summed E-state index contributed by atoms with van der Waals surface area (Å²) in [6, 6.07) is 5.16. The van der Waals surface area contributed by atoms with Crippen LogP contribution in [0.25, 0.3) is 0 Å². The number of benzene rings is 1. The molecule has 0 aromatic heterocycles. The number of carbonyl (C=O) groups is 1. The van der Waals surface area contributed by atoms with Crippen LogP contribution < -0.4 is 15.8 Å². The smallest absolute Gasteiger partial charge is 0.237 e. The van der Waals surface area contributed by atoms with Crippen LogP contribution in [0.2, 0.25) is 0 Å². The monoisotopic (exact) mass is 262 g/mol. The average molecular weight is 262 g/mol. The minimum atomic E-state index is -0.559. The number of carbonyl (C=O) groups excluding carboxylic acids is 1. The van der Waals surface area contributed by atoms with E-state index in [2.05, 4.69) is 11.9 Å².